The van der Waals surface area contributed by atoms with Gasteiger partial charge in [0, 0.05) is 26.2 Å². The average Bonchev–Trinajstić information content (AvgIpc) is 3.05. The van der Waals surface area contributed by atoms with Crippen LogP contribution in [0, 0.1) is 0 Å². The Bertz CT molecular complexity index is 583. The van der Waals surface area contributed by atoms with Crippen LogP contribution in [-0.2, 0) is 0 Å². The average molecular weight is 308 g/mol. The van der Waals surface area contributed by atoms with Crippen molar-refractivity contribution in [1.29, 1.82) is 0 Å². The number of carbonyl (C=O) groups is 2. The zero-order chi connectivity index (χ0) is 15.1. The van der Waals surface area contributed by atoms with Crippen LogP contribution in [0.15, 0.2) is 6.07 Å². The molecular formula is C15H18ClN3O2. The molecule has 1 aromatic heterocycles. The maximum atomic E-state index is 12.3. The molecule has 3 rings (SSSR count). The Kier molecular flexibility index (Phi) is 3.61. The highest BCUT2D eigenvalue weighted by atomic mass is 35.5. The van der Waals surface area contributed by atoms with Gasteiger partial charge in [0.15, 0.2) is 6.29 Å². The van der Waals surface area contributed by atoms with Crippen molar-refractivity contribution in [2.75, 3.05) is 19.0 Å². The largest absolute Gasteiger partial charge is 0.351 e. The van der Waals surface area contributed by atoms with Crippen LogP contribution in [0.2, 0.25) is 5.15 Å². The van der Waals surface area contributed by atoms with Gasteiger partial charge in [-0.3, -0.25) is 9.59 Å². The summed E-state index contributed by atoms with van der Waals surface area (Å²) in [5, 5.41) is 0.110. The molecule has 0 unspecified atom stereocenters. The molecule has 2 bridgehead atoms. The number of amides is 1. The number of hydrogen-bond donors (Lipinski definition) is 0. The van der Waals surface area contributed by atoms with Crippen LogP contribution in [0.3, 0.4) is 0 Å². The Labute approximate surface area is 128 Å². The molecule has 21 heavy (non-hydrogen) atoms. The fraction of sp³-hybridized carbons (Fsp3) is 0.533. The van der Waals surface area contributed by atoms with Gasteiger partial charge in [-0.25, -0.2) is 4.98 Å². The summed E-state index contributed by atoms with van der Waals surface area (Å²) in [4.78, 5) is 31.6. The number of aldehydes is 1. The van der Waals surface area contributed by atoms with Crippen LogP contribution in [0.25, 0.3) is 0 Å². The summed E-state index contributed by atoms with van der Waals surface area (Å²) >= 11 is 6.14. The van der Waals surface area contributed by atoms with Crippen molar-refractivity contribution >= 4 is 29.6 Å². The third-order valence-corrected chi connectivity index (χ3v) is 4.76. The van der Waals surface area contributed by atoms with Gasteiger partial charge in [-0.2, -0.15) is 0 Å². The van der Waals surface area contributed by atoms with Gasteiger partial charge < -0.3 is 9.80 Å². The van der Waals surface area contributed by atoms with Gasteiger partial charge in [-0.1, -0.05) is 11.6 Å². The van der Waals surface area contributed by atoms with E-state index in [1.807, 2.05) is 0 Å². The van der Waals surface area contributed by atoms with E-state index in [-0.39, 0.29) is 16.6 Å². The minimum absolute atomic E-state index is 0.110. The number of fused-ring (bicyclic) bond motifs is 2. The van der Waals surface area contributed by atoms with Crippen molar-refractivity contribution in [1.82, 2.24) is 9.88 Å². The lowest BCUT2D eigenvalue weighted by atomic mass is 10.0. The number of pyridine rings is 1. The predicted octanol–water partition coefficient (Wildman–Crippen LogP) is 2.38. The van der Waals surface area contributed by atoms with Gasteiger partial charge in [-0.15, -0.1) is 0 Å². The molecule has 0 aliphatic carbocycles. The van der Waals surface area contributed by atoms with Crippen LogP contribution in [0.4, 0.5) is 5.82 Å². The van der Waals surface area contributed by atoms with Gasteiger partial charge in [0.25, 0.3) is 5.91 Å². The van der Waals surface area contributed by atoms with E-state index in [9.17, 15) is 9.59 Å². The first kappa shape index (κ1) is 14.3. The zero-order valence-electron chi connectivity index (χ0n) is 12.2. The van der Waals surface area contributed by atoms with Crippen molar-refractivity contribution < 1.29 is 9.59 Å². The van der Waals surface area contributed by atoms with Crippen molar-refractivity contribution in [3.63, 3.8) is 0 Å². The van der Waals surface area contributed by atoms with E-state index in [2.05, 4.69) is 9.88 Å². The molecular weight excluding hydrogens is 290 g/mol. The highest BCUT2D eigenvalue weighted by Crippen LogP contribution is 2.41. The standard InChI is InChI=1S/C15H18ClN3O2/c1-18(2)15(21)11-7-13(17-14(16)12(11)8-20)19-9-3-4-10(19)6-5-9/h7-10H,3-6H2,1-2H3. The number of carbonyl (C=O) groups excluding carboxylic acids is 2. The van der Waals surface area contributed by atoms with Crippen LogP contribution in [0.1, 0.15) is 46.4 Å². The predicted molar refractivity (Wildman–Crippen MR) is 81.2 cm³/mol. The summed E-state index contributed by atoms with van der Waals surface area (Å²) in [5.41, 5.74) is 0.502. The topological polar surface area (TPSA) is 53.5 Å². The van der Waals surface area contributed by atoms with Crippen molar-refractivity contribution in [3.8, 4) is 0 Å². The minimum Gasteiger partial charge on any atom is -0.351 e. The number of rotatable bonds is 3. The van der Waals surface area contributed by atoms with Crippen LogP contribution < -0.4 is 4.90 Å². The molecule has 0 saturated carbocycles. The molecule has 2 fully saturated rings. The first-order valence-corrected chi connectivity index (χ1v) is 7.56. The van der Waals surface area contributed by atoms with E-state index >= 15 is 0 Å². The second-order valence-electron chi connectivity index (χ2n) is 5.92. The second kappa shape index (κ2) is 5.30. The maximum Gasteiger partial charge on any atom is 0.254 e. The molecule has 112 valence electrons. The molecule has 0 atom stereocenters. The van der Waals surface area contributed by atoms with Crippen molar-refractivity contribution in [2.45, 2.75) is 37.8 Å². The number of anilines is 1. The molecule has 2 aliphatic rings. The molecule has 6 heteroatoms. The van der Waals surface area contributed by atoms with Gasteiger partial charge >= 0.3 is 0 Å². The zero-order valence-corrected chi connectivity index (χ0v) is 12.9. The molecule has 0 N–H and O–H groups in total. The maximum absolute atomic E-state index is 12.3. The molecule has 5 nitrogen and oxygen atoms in total. The lowest BCUT2D eigenvalue weighted by Gasteiger charge is -2.24. The Balaban J connectivity index is 2.07. The summed E-state index contributed by atoms with van der Waals surface area (Å²) in [6, 6.07) is 2.69. The fourth-order valence-corrected chi connectivity index (χ4v) is 3.69. The van der Waals surface area contributed by atoms with E-state index < -0.39 is 0 Å². The summed E-state index contributed by atoms with van der Waals surface area (Å²) in [7, 11) is 3.31. The lowest BCUT2D eigenvalue weighted by Crippen LogP contribution is -2.30. The van der Waals surface area contributed by atoms with E-state index in [0.717, 1.165) is 31.5 Å². The molecule has 2 aliphatic heterocycles. The first-order chi connectivity index (χ1) is 10.0. The number of halogens is 1. The Morgan fingerprint density at radius 3 is 2.38 bits per heavy atom. The Hall–Kier alpha value is -1.62. The summed E-state index contributed by atoms with van der Waals surface area (Å²) < 4.78 is 0. The Morgan fingerprint density at radius 1 is 1.33 bits per heavy atom. The fourth-order valence-electron chi connectivity index (χ4n) is 3.46. The highest BCUT2D eigenvalue weighted by molar-refractivity contribution is 6.32. The summed E-state index contributed by atoms with van der Waals surface area (Å²) in [6.07, 6.45) is 5.26. The van der Waals surface area contributed by atoms with Crippen molar-refractivity contribution in [2.24, 2.45) is 0 Å². The number of hydrogen-bond acceptors (Lipinski definition) is 4. The number of nitrogens with zero attached hydrogens (tertiary/aromatic N) is 3. The molecule has 1 aromatic rings. The van der Waals surface area contributed by atoms with E-state index in [4.69, 9.17) is 11.6 Å². The number of aromatic nitrogens is 1. The molecule has 3 heterocycles. The van der Waals surface area contributed by atoms with E-state index in [1.54, 1.807) is 20.2 Å². The third kappa shape index (κ3) is 2.29. The van der Waals surface area contributed by atoms with Crippen LogP contribution >= 0.6 is 11.6 Å². The SMILES string of the molecule is CN(C)C(=O)c1cc(N2C3CCC2CC3)nc(Cl)c1C=O. The molecule has 2 saturated heterocycles. The van der Waals surface area contributed by atoms with Crippen LogP contribution in [-0.4, -0.2) is 48.3 Å². The van der Waals surface area contributed by atoms with E-state index in [0.29, 0.717) is 23.9 Å². The van der Waals surface area contributed by atoms with Crippen molar-refractivity contribution in [3.05, 3.63) is 22.3 Å². The minimum atomic E-state index is -0.228. The smallest absolute Gasteiger partial charge is 0.254 e. The van der Waals surface area contributed by atoms with Gasteiger partial charge in [0.1, 0.15) is 11.0 Å². The van der Waals surface area contributed by atoms with Gasteiger partial charge in [-0.05, 0) is 31.7 Å². The monoisotopic (exact) mass is 307 g/mol. The quantitative estimate of drug-likeness (QED) is 0.635. The molecule has 0 aromatic carbocycles. The third-order valence-electron chi connectivity index (χ3n) is 4.47. The normalized spacial score (nSPS) is 23.5. The molecule has 0 radical (unpaired) electrons. The van der Waals surface area contributed by atoms with E-state index in [1.165, 1.54) is 4.90 Å². The molecule has 1 amide bonds. The molecule has 0 spiro atoms. The Morgan fingerprint density at radius 2 is 1.90 bits per heavy atom. The highest BCUT2D eigenvalue weighted by Gasteiger charge is 2.40. The summed E-state index contributed by atoms with van der Waals surface area (Å²) in [5.74, 6) is 0.495. The van der Waals surface area contributed by atoms with Gasteiger partial charge in [0.2, 0.25) is 0 Å². The second-order valence-corrected chi connectivity index (χ2v) is 6.28. The van der Waals surface area contributed by atoms with Gasteiger partial charge in [0.05, 0.1) is 11.1 Å². The van der Waals surface area contributed by atoms with Crippen LogP contribution in [0.5, 0.6) is 0 Å². The first-order valence-electron chi connectivity index (χ1n) is 7.18. The summed E-state index contributed by atoms with van der Waals surface area (Å²) in [6.45, 7) is 0. The lowest BCUT2D eigenvalue weighted by molar-refractivity contribution is 0.0824.